The lowest BCUT2D eigenvalue weighted by Crippen LogP contribution is -1.82. The molecule has 0 aliphatic carbocycles. The van der Waals surface area contributed by atoms with Crippen molar-refractivity contribution in [3.05, 3.63) is 37.2 Å². The predicted molar refractivity (Wildman–Crippen MR) is 51.4 cm³/mol. The van der Waals surface area contributed by atoms with Crippen molar-refractivity contribution in [1.82, 2.24) is 4.98 Å². The van der Waals surface area contributed by atoms with Crippen molar-refractivity contribution in [3.63, 3.8) is 0 Å². The Morgan fingerprint density at radius 2 is 1.85 bits per heavy atom. The van der Waals surface area contributed by atoms with Crippen molar-refractivity contribution in [3.8, 4) is 0 Å². The van der Waals surface area contributed by atoms with Crippen LogP contribution >= 0.6 is 0 Å². The number of hydrogen-bond donors (Lipinski definition) is 3. The number of carboxylic acids is 1. The van der Waals surface area contributed by atoms with E-state index in [0.29, 0.717) is 0 Å². The van der Waals surface area contributed by atoms with E-state index in [2.05, 4.69) is 11.6 Å². The van der Waals surface area contributed by atoms with E-state index in [1.165, 1.54) is 0 Å². The van der Waals surface area contributed by atoms with Gasteiger partial charge in [0.2, 0.25) is 0 Å². The number of carbonyl (C=O) groups is 1. The summed E-state index contributed by atoms with van der Waals surface area (Å²) in [6.45, 7) is 4.89. The molecule has 0 unspecified atom stereocenters. The molecule has 0 amide bonds. The number of H-pyrrole nitrogens is 1. The molecule has 0 aliphatic rings. The zero-order valence-corrected chi connectivity index (χ0v) is 7.60. The molecule has 0 radical (unpaired) electrons. The number of nitrogens with one attached hydrogen (secondary N) is 1. The molecule has 0 saturated heterocycles. The lowest BCUT2D eigenvalue weighted by Gasteiger charge is -1.64. The molecular weight excluding hydrogens is 170 g/mol. The Morgan fingerprint density at radius 1 is 1.54 bits per heavy atom. The normalized spacial score (nSPS) is 6.92. The third-order valence-corrected chi connectivity index (χ3v) is 0.671. The first-order chi connectivity index (χ1) is 6.18. The second kappa shape index (κ2) is 13.1. The number of aliphatic hydroxyl groups excluding tert-OH is 1. The molecule has 0 saturated carbocycles. The minimum absolute atomic E-state index is 0.250. The second-order valence-electron chi connectivity index (χ2n) is 1.74. The van der Waals surface area contributed by atoms with Crippen LogP contribution in [-0.4, -0.2) is 27.8 Å². The van der Waals surface area contributed by atoms with Crippen molar-refractivity contribution in [1.29, 1.82) is 0 Å². The van der Waals surface area contributed by atoms with Gasteiger partial charge in [0.05, 0.1) is 0 Å². The minimum atomic E-state index is -0.981. The van der Waals surface area contributed by atoms with Crippen LogP contribution in [-0.2, 0) is 4.79 Å². The van der Waals surface area contributed by atoms with Crippen molar-refractivity contribution >= 4 is 5.97 Å². The van der Waals surface area contributed by atoms with E-state index in [1.807, 2.05) is 24.5 Å². The maximum Gasteiger partial charge on any atom is 0.327 e. The highest BCUT2D eigenvalue weighted by Gasteiger charge is 1.73. The summed E-state index contributed by atoms with van der Waals surface area (Å²) in [5.41, 5.74) is 0. The van der Waals surface area contributed by atoms with Gasteiger partial charge in [-0.15, -0.1) is 0 Å². The largest absolute Gasteiger partial charge is 0.478 e. The molecule has 0 atom stereocenters. The molecule has 0 spiro atoms. The fourth-order valence-corrected chi connectivity index (χ4v) is 0.278. The smallest absolute Gasteiger partial charge is 0.327 e. The number of rotatable bonds is 1. The molecule has 0 fully saturated rings. The Balaban J connectivity index is 0. The average Bonchev–Trinajstić information content (AvgIpc) is 2.62. The first-order valence-corrected chi connectivity index (χ1v) is 3.73. The van der Waals surface area contributed by atoms with Crippen LogP contribution in [0.4, 0.5) is 0 Å². The van der Waals surface area contributed by atoms with E-state index in [1.54, 1.807) is 6.92 Å². The van der Waals surface area contributed by atoms with Gasteiger partial charge < -0.3 is 15.2 Å². The van der Waals surface area contributed by atoms with E-state index < -0.39 is 5.97 Å². The Morgan fingerprint density at radius 3 is 1.92 bits per heavy atom. The van der Waals surface area contributed by atoms with Crippen molar-refractivity contribution in [2.24, 2.45) is 0 Å². The minimum Gasteiger partial charge on any atom is -0.478 e. The van der Waals surface area contributed by atoms with Crippen LogP contribution in [0.15, 0.2) is 37.2 Å². The molecule has 3 N–H and O–H groups in total. The molecule has 1 heterocycles. The number of aliphatic carboxylic acids is 1. The summed E-state index contributed by atoms with van der Waals surface area (Å²) < 4.78 is 0. The summed E-state index contributed by atoms with van der Waals surface area (Å²) in [5, 5.41) is 15.2. The Labute approximate surface area is 77.5 Å². The number of aliphatic hydroxyl groups is 1. The van der Waals surface area contributed by atoms with E-state index in [-0.39, 0.29) is 6.61 Å². The van der Waals surface area contributed by atoms with Crippen LogP contribution in [0.3, 0.4) is 0 Å². The topological polar surface area (TPSA) is 73.3 Å². The molecule has 1 aromatic heterocycles. The van der Waals surface area contributed by atoms with Crippen LogP contribution in [0.5, 0.6) is 0 Å². The van der Waals surface area contributed by atoms with Crippen molar-refractivity contribution in [2.75, 3.05) is 6.61 Å². The third kappa shape index (κ3) is 25.1. The van der Waals surface area contributed by atoms with Gasteiger partial charge in [0.15, 0.2) is 0 Å². The number of hydrogen-bond acceptors (Lipinski definition) is 2. The average molecular weight is 185 g/mol. The van der Waals surface area contributed by atoms with Gasteiger partial charge in [-0.2, -0.15) is 0 Å². The van der Waals surface area contributed by atoms with Crippen molar-refractivity contribution in [2.45, 2.75) is 6.92 Å². The van der Waals surface area contributed by atoms with Crippen LogP contribution in [0.1, 0.15) is 6.92 Å². The zero-order valence-electron chi connectivity index (χ0n) is 7.60. The highest BCUT2D eigenvalue weighted by atomic mass is 16.4. The standard InChI is InChI=1S/C4H5N.C3H4O2.C2H6O/c1-2-4-5-3-1;1-2-3(4)5;1-2-3/h1-5H;2H,1H2,(H,4,5);3H,2H2,1H3. The molecule has 0 aliphatic heterocycles. The Hall–Kier alpha value is -1.55. The molecule has 74 valence electrons. The fraction of sp³-hybridized carbons (Fsp3) is 0.222. The number of carboxylic acid groups (broad SMARTS) is 1. The Bertz CT molecular complexity index is 177. The lowest BCUT2D eigenvalue weighted by molar-refractivity contribution is -0.131. The summed E-state index contributed by atoms with van der Waals surface area (Å²) in [7, 11) is 0. The maximum atomic E-state index is 9.25. The molecule has 1 aromatic rings. The van der Waals surface area contributed by atoms with Crippen molar-refractivity contribution < 1.29 is 15.0 Å². The summed E-state index contributed by atoms with van der Waals surface area (Å²) in [5.74, 6) is -0.981. The number of aromatic amines is 1. The fourth-order valence-electron chi connectivity index (χ4n) is 0.278. The highest BCUT2D eigenvalue weighted by Crippen LogP contribution is 1.72. The van der Waals surface area contributed by atoms with E-state index in [0.717, 1.165) is 6.08 Å². The van der Waals surface area contributed by atoms with E-state index in [4.69, 9.17) is 10.2 Å². The Kier molecular flexibility index (Phi) is 14.1. The SMILES string of the molecule is C=CC(=O)O.CCO.c1cc[nH]c1. The highest BCUT2D eigenvalue weighted by molar-refractivity contribution is 5.78. The summed E-state index contributed by atoms with van der Waals surface area (Å²) in [6, 6.07) is 3.89. The van der Waals surface area contributed by atoms with Gasteiger partial charge in [-0.05, 0) is 19.1 Å². The number of aromatic nitrogens is 1. The van der Waals surface area contributed by atoms with Crippen LogP contribution in [0.2, 0.25) is 0 Å². The second-order valence-corrected chi connectivity index (χ2v) is 1.74. The van der Waals surface area contributed by atoms with Gasteiger partial charge in [-0.3, -0.25) is 0 Å². The molecule has 1 rings (SSSR count). The van der Waals surface area contributed by atoms with Gasteiger partial charge in [0.1, 0.15) is 0 Å². The monoisotopic (exact) mass is 185 g/mol. The van der Waals surface area contributed by atoms with E-state index >= 15 is 0 Å². The quantitative estimate of drug-likeness (QED) is 0.577. The van der Waals surface area contributed by atoms with Gasteiger partial charge in [0, 0.05) is 25.1 Å². The predicted octanol–water partition coefficient (Wildman–Crippen LogP) is 1.27. The molecule has 0 bridgehead atoms. The molecule has 4 nitrogen and oxygen atoms in total. The first-order valence-electron chi connectivity index (χ1n) is 3.73. The van der Waals surface area contributed by atoms with Crippen LogP contribution in [0.25, 0.3) is 0 Å². The summed E-state index contributed by atoms with van der Waals surface area (Å²) >= 11 is 0. The summed E-state index contributed by atoms with van der Waals surface area (Å²) in [4.78, 5) is 12.1. The lowest BCUT2D eigenvalue weighted by atomic mass is 10.7. The summed E-state index contributed by atoms with van der Waals surface area (Å²) in [6.07, 6.45) is 4.58. The molecule has 0 aromatic carbocycles. The first kappa shape index (κ1) is 14.0. The van der Waals surface area contributed by atoms with Crippen LogP contribution in [0, 0.1) is 0 Å². The third-order valence-electron chi connectivity index (χ3n) is 0.671. The van der Waals surface area contributed by atoms with Crippen LogP contribution < -0.4 is 0 Å². The van der Waals surface area contributed by atoms with Gasteiger partial charge >= 0.3 is 5.97 Å². The van der Waals surface area contributed by atoms with Gasteiger partial charge in [-0.25, -0.2) is 4.79 Å². The molecular formula is C9H15NO3. The van der Waals surface area contributed by atoms with Gasteiger partial charge in [0.25, 0.3) is 0 Å². The van der Waals surface area contributed by atoms with Gasteiger partial charge in [-0.1, -0.05) is 6.58 Å². The van der Waals surface area contributed by atoms with E-state index in [9.17, 15) is 4.79 Å². The zero-order chi connectivity index (χ0) is 10.5. The molecule has 4 heteroatoms. The maximum absolute atomic E-state index is 9.25. The molecule has 13 heavy (non-hydrogen) atoms.